The molecule has 0 atom stereocenters. The zero-order valence-electron chi connectivity index (χ0n) is 10.2. The molecule has 1 aromatic rings. The average Bonchev–Trinajstić information content (AvgIpc) is 2.18. The maximum atomic E-state index is 11.0. The monoisotopic (exact) mass is 235 g/mol. The number of nitro groups is 1. The summed E-state index contributed by atoms with van der Waals surface area (Å²) in [5, 5.41) is 14.3. The SMILES string of the molecule is Cc1cnc(CNC2CCC2)c(C)c1[N+](=O)[O-]. The standard InChI is InChI=1S/C12H17N3O2/c1-8-6-14-11(7-13-10-4-3-5-10)9(2)12(8)15(16)17/h6,10,13H,3-5,7H2,1-2H3. The average molecular weight is 235 g/mol. The van der Waals surface area contributed by atoms with Gasteiger partial charge in [0, 0.05) is 29.9 Å². The Labute approximate surface area is 100 Å². The molecule has 0 spiro atoms. The highest BCUT2D eigenvalue weighted by atomic mass is 16.6. The van der Waals surface area contributed by atoms with Crippen LogP contribution in [-0.4, -0.2) is 15.9 Å². The highest BCUT2D eigenvalue weighted by molar-refractivity contribution is 5.47. The van der Waals surface area contributed by atoms with Gasteiger partial charge in [-0.25, -0.2) is 0 Å². The van der Waals surface area contributed by atoms with E-state index in [1.807, 2.05) is 0 Å². The summed E-state index contributed by atoms with van der Waals surface area (Å²) < 4.78 is 0. The molecule has 1 aliphatic carbocycles. The van der Waals surface area contributed by atoms with Crippen LogP contribution in [0.4, 0.5) is 5.69 Å². The third kappa shape index (κ3) is 2.44. The van der Waals surface area contributed by atoms with Crippen molar-refractivity contribution in [2.45, 2.75) is 45.7 Å². The van der Waals surface area contributed by atoms with E-state index >= 15 is 0 Å². The van der Waals surface area contributed by atoms with Gasteiger partial charge in [0.05, 0.1) is 10.6 Å². The Bertz CT molecular complexity index is 442. The zero-order valence-corrected chi connectivity index (χ0v) is 10.2. The van der Waals surface area contributed by atoms with E-state index in [1.165, 1.54) is 19.3 Å². The van der Waals surface area contributed by atoms with Gasteiger partial charge in [-0.1, -0.05) is 6.42 Å². The van der Waals surface area contributed by atoms with Crippen molar-refractivity contribution in [2.75, 3.05) is 0 Å². The first-order valence-electron chi connectivity index (χ1n) is 5.92. The van der Waals surface area contributed by atoms with E-state index in [-0.39, 0.29) is 10.6 Å². The lowest BCUT2D eigenvalue weighted by Crippen LogP contribution is -2.34. The van der Waals surface area contributed by atoms with Gasteiger partial charge in [-0.3, -0.25) is 15.1 Å². The molecule has 1 N–H and O–H groups in total. The fourth-order valence-electron chi connectivity index (χ4n) is 2.08. The molecule has 0 radical (unpaired) electrons. The van der Waals surface area contributed by atoms with Crippen LogP contribution in [0.2, 0.25) is 0 Å². The molecule has 1 aliphatic rings. The van der Waals surface area contributed by atoms with Crippen LogP contribution >= 0.6 is 0 Å². The fraction of sp³-hybridized carbons (Fsp3) is 0.583. The first kappa shape index (κ1) is 12.0. The van der Waals surface area contributed by atoms with Crippen LogP contribution in [0.5, 0.6) is 0 Å². The van der Waals surface area contributed by atoms with Crippen LogP contribution < -0.4 is 5.32 Å². The molecule has 0 unspecified atom stereocenters. The summed E-state index contributed by atoms with van der Waals surface area (Å²) in [5.74, 6) is 0. The molecule has 1 fully saturated rings. The lowest BCUT2D eigenvalue weighted by Gasteiger charge is -2.26. The molecule has 0 amide bonds. The quantitative estimate of drug-likeness (QED) is 0.642. The molecule has 0 aromatic carbocycles. The Morgan fingerprint density at radius 2 is 2.24 bits per heavy atom. The molecule has 5 nitrogen and oxygen atoms in total. The molecule has 5 heteroatoms. The van der Waals surface area contributed by atoms with E-state index in [1.54, 1.807) is 20.0 Å². The van der Waals surface area contributed by atoms with E-state index in [0.717, 1.165) is 5.69 Å². The Balaban J connectivity index is 2.16. The molecule has 92 valence electrons. The summed E-state index contributed by atoms with van der Waals surface area (Å²) >= 11 is 0. The van der Waals surface area contributed by atoms with E-state index in [9.17, 15) is 10.1 Å². The van der Waals surface area contributed by atoms with Crippen molar-refractivity contribution in [3.63, 3.8) is 0 Å². The summed E-state index contributed by atoms with van der Waals surface area (Å²) in [6.07, 6.45) is 5.26. The second kappa shape index (κ2) is 4.79. The summed E-state index contributed by atoms with van der Waals surface area (Å²) in [7, 11) is 0. The maximum Gasteiger partial charge on any atom is 0.278 e. The van der Waals surface area contributed by atoms with Gasteiger partial charge in [-0.05, 0) is 26.7 Å². The highest BCUT2D eigenvalue weighted by Gasteiger charge is 2.20. The molecular weight excluding hydrogens is 218 g/mol. The maximum absolute atomic E-state index is 11.0. The zero-order chi connectivity index (χ0) is 12.4. The minimum Gasteiger partial charge on any atom is -0.308 e. The molecule has 17 heavy (non-hydrogen) atoms. The predicted octanol–water partition coefficient (Wildman–Crippen LogP) is 2.25. The van der Waals surface area contributed by atoms with E-state index in [0.29, 0.717) is 23.7 Å². The van der Waals surface area contributed by atoms with Crippen molar-refractivity contribution in [3.05, 3.63) is 33.1 Å². The summed E-state index contributed by atoms with van der Waals surface area (Å²) in [5.41, 5.74) is 2.29. The van der Waals surface area contributed by atoms with Crippen LogP contribution in [0.25, 0.3) is 0 Å². The van der Waals surface area contributed by atoms with Crippen molar-refractivity contribution in [1.82, 2.24) is 10.3 Å². The van der Waals surface area contributed by atoms with E-state index < -0.39 is 0 Å². The number of rotatable bonds is 4. The minimum absolute atomic E-state index is 0.199. The van der Waals surface area contributed by atoms with Crippen molar-refractivity contribution in [1.29, 1.82) is 0 Å². The molecule has 0 bridgehead atoms. The van der Waals surface area contributed by atoms with Gasteiger partial charge in [0.15, 0.2) is 0 Å². The largest absolute Gasteiger partial charge is 0.308 e. The molecule has 1 aromatic heterocycles. The van der Waals surface area contributed by atoms with E-state index in [2.05, 4.69) is 10.3 Å². The first-order valence-corrected chi connectivity index (χ1v) is 5.92. The number of pyridine rings is 1. The van der Waals surface area contributed by atoms with Crippen molar-refractivity contribution >= 4 is 5.69 Å². The van der Waals surface area contributed by atoms with Gasteiger partial charge >= 0.3 is 0 Å². The van der Waals surface area contributed by atoms with Gasteiger partial charge in [-0.2, -0.15) is 0 Å². The number of hydrogen-bond donors (Lipinski definition) is 1. The fourth-order valence-corrected chi connectivity index (χ4v) is 2.08. The van der Waals surface area contributed by atoms with Gasteiger partial charge in [0.25, 0.3) is 5.69 Å². The smallest absolute Gasteiger partial charge is 0.278 e. The number of aryl methyl sites for hydroxylation is 1. The molecule has 1 heterocycles. The van der Waals surface area contributed by atoms with E-state index in [4.69, 9.17) is 0 Å². The van der Waals surface area contributed by atoms with Gasteiger partial charge in [-0.15, -0.1) is 0 Å². The molecule has 0 saturated heterocycles. The Morgan fingerprint density at radius 1 is 1.53 bits per heavy atom. The molecule has 0 aliphatic heterocycles. The molecule has 1 saturated carbocycles. The normalized spacial score (nSPS) is 15.6. The summed E-state index contributed by atoms with van der Waals surface area (Å²) in [6.45, 7) is 4.12. The van der Waals surface area contributed by atoms with Crippen molar-refractivity contribution < 1.29 is 4.92 Å². The minimum atomic E-state index is -0.320. The van der Waals surface area contributed by atoms with Crippen molar-refractivity contribution in [3.8, 4) is 0 Å². The third-order valence-electron chi connectivity index (χ3n) is 3.42. The second-order valence-corrected chi connectivity index (χ2v) is 4.63. The summed E-state index contributed by atoms with van der Waals surface area (Å²) in [4.78, 5) is 14.9. The van der Waals surface area contributed by atoms with Crippen LogP contribution in [-0.2, 0) is 6.54 Å². The second-order valence-electron chi connectivity index (χ2n) is 4.63. The number of hydrogen-bond acceptors (Lipinski definition) is 4. The first-order chi connectivity index (χ1) is 8.09. The lowest BCUT2D eigenvalue weighted by molar-refractivity contribution is -0.386. The van der Waals surface area contributed by atoms with Crippen LogP contribution in [0, 0.1) is 24.0 Å². The number of aromatic nitrogens is 1. The van der Waals surface area contributed by atoms with Crippen LogP contribution in [0.15, 0.2) is 6.20 Å². The number of nitrogens with zero attached hydrogens (tertiary/aromatic N) is 2. The highest BCUT2D eigenvalue weighted by Crippen LogP contribution is 2.25. The Kier molecular flexibility index (Phi) is 3.38. The lowest BCUT2D eigenvalue weighted by atomic mass is 9.93. The van der Waals surface area contributed by atoms with Gasteiger partial charge in [0.1, 0.15) is 0 Å². The van der Waals surface area contributed by atoms with Crippen LogP contribution in [0.1, 0.15) is 36.1 Å². The third-order valence-corrected chi connectivity index (χ3v) is 3.42. The predicted molar refractivity (Wildman–Crippen MR) is 64.8 cm³/mol. The topological polar surface area (TPSA) is 68.1 Å². The Morgan fingerprint density at radius 3 is 2.76 bits per heavy atom. The van der Waals surface area contributed by atoms with Gasteiger partial charge in [0.2, 0.25) is 0 Å². The van der Waals surface area contributed by atoms with Crippen LogP contribution in [0.3, 0.4) is 0 Å². The summed E-state index contributed by atoms with van der Waals surface area (Å²) in [6, 6.07) is 0.566. The van der Waals surface area contributed by atoms with Crippen molar-refractivity contribution in [2.24, 2.45) is 0 Å². The molecule has 2 rings (SSSR count). The van der Waals surface area contributed by atoms with Gasteiger partial charge < -0.3 is 5.32 Å². The Hall–Kier alpha value is -1.49. The molecular formula is C12H17N3O2. The number of nitrogens with one attached hydrogen (secondary N) is 1.